The molecule has 0 bridgehead atoms. The zero-order valence-corrected chi connectivity index (χ0v) is 13.2. The summed E-state index contributed by atoms with van der Waals surface area (Å²) in [5.41, 5.74) is 0.696. The Morgan fingerprint density at radius 3 is 2.67 bits per heavy atom. The van der Waals surface area contributed by atoms with Gasteiger partial charge in [-0.3, -0.25) is 0 Å². The molecule has 0 saturated heterocycles. The number of aryl methyl sites for hydroxylation is 1. The molecule has 18 heavy (non-hydrogen) atoms. The summed E-state index contributed by atoms with van der Waals surface area (Å²) in [6.07, 6.45) is 3.92. The monoisotopic (exact) mass is 335 g/mol. The summed E-state index contributed by atoms with van der Waals surface area (Å²) in [7, 11) is 0. The third-order valence-electron chi connectivity index (χ3n) is 3.01. The maximum atomic E-state index is 13.9. The van der Waals surface area contributed by atoms with Crippen molar-refractivity contribution in [1.82, 2.24) is 5.32 Å². The van der Waals surface area contributed by atoms with Gasteiger partial charge < -0.3 is 5.32 Å². The first-order valence-electron chi connectivity index (χ1n) is 6.45. The Labute approximate surface area is 122 Å². The average Bonchev–Trinajstić information content (AvgIpc) is 2.35. The van der Waals surface area contributed by atoms with Gasteiger partial charge in [0.25, 0.3) is 0 Å². The molecule has 1 atom stereocenters. The van der Waals surface area contributed by atoms with E-state index in [1.54, 1.807) is 6.07 Å². The van der Waals surface area contributed by atoms with Gasteiger partial charge in [-0.05, 0) is 53.4 Å². The van der Waals surface area contributed by atoms with E-state index in [0.29, 0.717) is 16.1 Å². The lowest BCUT2D eigenvalue weighted by molar-refractivity contribution is 0.455. The highest BCUT2D eigenvalue weighted by molar-refractivity contribution is 9.10. The summed E-state index contributed by atoms with van der Waals surface area (Å²) in [5, 5.41) is 3.62. The number of nitrogens with one attached hydrogen (secondary N) is 1. The minimum absolute atomic E-state index is 0.183. The van der Waals surface area contributed by atoms with Crippen LogP contribution in [0, 0.1) is 5.82 Å². The minimum atomic E-state index is -0.294. The van der Waals surface area contributed by atoms with Gasteiger partial charge in [-0.1, -0.05) is 37.9 Å². The molecule has 0 spiro atoms. The molecule has 0 amide bonds. The molecule has 4 heteroatoms. The summed E-state index contributed by atoms with van der Waals surface area (Å²) in [6, 6.07) is 4.07. The highest BCUT2D eigenvalue weighted by Crippen LogP contribution is 2.28. The highest BCUT2D eigenvalue weighted by Gasteiger charge is 2.12. The molecule has 1 aromatic carbocycles. The summed E-state index contributed by atoms with van der Waals surface area (Å²) in [6.45, 7) is 5.22. The predicted molar refractivity (Wildman–Crippen MR) is 79.8 cm³/mol. The SMILES string of the molecule is CCCC(CCc1ccc(Br)c(Cl)c1F)NCC. The Bertz CT molecular complexity index is 378. The van der Waals surface area contributed by atoms with Crippen LogP contribution in [0.25, 0.3) is 0 Å². The number of hydrogen-bond acceptors (Lipinski definition) is 1. The second-order valence-electron chi connectivity index (χ2n) is 4.42. The van der Waals surface area contributed by atoms with E-state index >= 15 is 0 Å². The van der Waals surface area contributed by atoms with Gasteiger partial charge in [0.05, 0.1) is 5.02 Å². The van der Waals surface area contributed by atoms with Gasteiger partial charge in [0.2, 0.25) is 0 Å². The molecule has 0 aliphatic heterocycles. The van der Waals surface area contributed by atoms with Gasteiger partial charge in [0.15, 0.2) is 0 Å². The van der Waals surface area contributed by atoms with Crippen LogP contribution in [-0.2, 0) is 6.42 Å². The Morgan fingerprint density at radius 2 is 2.06 bits per heavy atom. The molecule has 102 valence electrons. The molecule has 0 aliphatic rings. The standard InChI is InChI=1S/C14H20BrClFN/c1-3-5-11(18-4-2)8-6-10-7-9-12(15)13(16)14(10)17/h7,9,11,18H,3-6,8H2,1-2H3. The number of halogens is 3. The van der Waals surface area contributed by atoms with Crippen LogP contribution in [0.5, 0.6) is 0 Å². The van der Waals surface area contributed by atoms with Crippen molar-refractivity contribution in [1.29, 1.82) is 0 Å². The fourth-order valence-electron chi connectivity index (χ4n) is 2.07. The molecule has 1 N–H and O–H groups in total. The highest BCUT2D eigenvalue weighted by atomic mass is 79.9. The van der Waals surface area contributed by atoms with E-state index in [2.05, 4.69) is 35.1 Å². The zero-order chi connectivity index (χ0) is 13.5. The molecule has 0 saturated carbocycles. The lowest BCUT2D eigenvalue weighted by Crippen LogP contribution is -2.29. The van der Waals surface area contributed by atoms with Crippen LogP contribution in [0.2, 0.25) is 5.02 Å². The molecule has 1 unspecified atom stereocenters. The molecule has 1 nitrogen and oxygen atoms in total. The van der Waals surface area contributed by atoms with Crippen molar-refractivity contribution >= 4 is 27.5 Å². The summed E-state index contributed by atoms with van der Waals surface area (Å²) < 4.78 is 14.5. The van der Waals surface area contributed by atoms with E-state index in [0.717, 1.165) is 32.2 Å². The zero-order valence-electron chi connectivity index (χ0n) is 10.9. The average molecular weight is 337 g/mol. The molecule has 0 radical (unpaired) electrons. The van der Waals surface area contributed by atoms with Crippen LogP contribution in [0.15, 0.2) is 16.6 Å². The topological polar surface area (TPSA) is 12.0 Å². The van der Waals surface area contributed by atoms with Gasteiger partial charge in [0, 0.05) is 10.5 Å². The van der Waals surface area contributed by atoms with Crippen LogP contribution < -0.4 is 5.32 Å². The van der Waals surface area contributed by atoms with Crippen molar-refractivity contribution in [2.45, 2.75) is 45.6 Å². The molecular formula is C14H20BrClFN. The molecule has 0 fully saturated rings. The van der Waals surface area contributed by atoms with Crippen LogP contribution in [0.3, 0.4) is 0 Å². The van der Waals surface area contributed by atoms with Crippen molar-refractivity contribution in [3.05, 3.63) is 33.0 Å². The van der Waals surface area contributed by atoms with Gasteiger partial charge in [0.1, 0.15) is 5.82 Å². The van der Waals surface area contributed by atoms with E-state index in [1.165, 1.54) is 0 Å². The Morgan fingerprint density at radius 1 is 1.33 bits per heavy atom. The first kappa shape index (κ1) is 15.9. The third kappa shape index (κ3) is 4.52. The predicted octanol–water partition coefficient (Wildman–Crippen LogP) is 4.95. The lowest BCUT2D eigenvalue weighted by atomic mass is 10.0. The van der Waals surface area contributed by atoms with Crippen LogP contribution in [0.4, 0.5) is 4.39 Å². The summed E-state index contributed by atoms with van der Waals surface area (Å²) >= 11 is 9.11. The van der Waals surface area contributed by atoms with Crippen molar-refractivity contribution < 1.29 is 4.39 Å². The van der Waals surface area contributed by atoms with Crippen LogP contribution in [-0.4, -0.2) is 12.6 Å². The fraction of sp³-hybridized carbons (Fsp3) is 0.571. The summed E-state index contributed by atoms with van der Waals surface area (Å²) in [5.74, 6) is -0.294. The molecule has 0 aliphatic carbocycles. The fourth-order valence-corrected chi connectivity index (χ4v) is 2.56. The van der Waals surface area contributed by atoms with E-state index in [1.807, 2.05) is 6.07 Å². The van der Waals surface area contributed by atoms with E-state index in [9.17, 15) is 4.39 Å². The maximum absolute atomic E-state index is 13.9. The second kappa shape index (κ2) is 8.13. The molecule has 1 rings (SSSR count). The largest absolute Gasteiger partial charge is 0.314 e. The molecule has 0 aromatic heterocycles. The van der Waals surface area contributed by atoms with Crippen molar-refractivity contribution in [3.8, 4) is 0 Å². The normalized spacial score (nSPS) is 12.7. The summed E-state index contributed by atoms with van der Waals surface area (Å²) in [4.78, 5) is 0. The van der Waals surface area contributed by atoms with E-state index < -0.39 is 0 Å². The van der Waals surface area contributed by atoms with Gasteiger partial charge >= 0.3 is 0 Å². The smallest absolute Gasteiger partial charge is 0.146 e. The molecule has 0 heterocycles. The van der Waals surface area contributed by atoms with Crippen LogP contribution >= 0.6 is 27.5 Å². The Kier molecular flexibility index (Phi) is 7.20. The Hall–Kier alpha value is -0.120. The lowest BCUT2D eigenvalue weighted by Gasteiger charge is -2.17. The molecular weight excluding hydrogens is 317 g/mol. The van der Waals surface area contributed by atoms with Crippen LogP contribution in [0.1, 0.15) is 38.7 Å². The second-order valence-corrected chi connectivity index (χ2v) is 5.65. The number of rotatable bonds is 7. The third-order valence-corrected chi connectivity index (χ3v) is 4.27. The first-order valence-corrected chi connectivity index (χ1v) is 7.63. The van der Waals surface area contributed by atoms with E-state index in [-0.39, 0.29) is 10.8 Å². The number of benzene rings is 1. The minimum Gasteiger partial charge on any atom is -0.314 e. The van der Waals surface area contributed by atoms with Gasteiger partial charge in [-0.25, -0.2) is 4.39 Å². The molecule has 1 aromatic rings. The number of hydrogen-bond donors (Lipinski definition) is 1. The maximum Gasteiger partial charge on any atom is 0.146 e. The first-order chi connectivity index (χ1) is 8.60. The van der Waals surface area contributed by atoms with Crippen molar-refractivity contribution in [2.24, 2.45) is 0 Å². The quantitative estimate of drug-likeness (QED) is 0.694. The van der Waals surface area contributed by atoms with E-state index in [4.69, 9.17) is 11.6 Å². The Balaban J connectivity index is 2.64. The van der Waals surface area contributed by atoms with Crippen molar-refractivity contribution in [2.75, 3.05) is 6.54 Å². The van der Waals surface area contributed by atoms with Gasteiger partial charge in [-0.2, -0.15) is 0 Å². The van der Waals surface area contributed by atoms with Gasteiger partial charge in [-0.15, -0.1) is 0 Å². The van der Waals surface area contributed by atoms with Crippen molar-refractivity contribution in [3.63, 3.8) is 0 Å².